The van der Waals surface area contributed by atoms with Gasteiger partial charge in [-0.3, -0.25) is 9.59 Å². The predicted octanol–water partition coefficient (Wildman–Crippen LogP) is 5.31. The monoisotopic (exact) mass is 655 g/mol. The van der Waals surface area contributed by atoms with Crippen LogP contribution in [0.3, 0.4) is 0 Å². The number of allylic oxidation sites excluding steroid dienone is 2. The van der Waals surface area contributed by atoms with Crippen LogP contribution < -0.4 is 5.32 Å². The van der Waals surface area contributed by atoms with Gasteiger partial charge in [-0.15, -0.1) is 0 Å². The van der Waals surface area contributed by atoms with E-state index in [-0.39, 0.29) is 42.6 Å². The van der Waals surface area contributed by atoms with Crippen LogP contribution in [0.15, 0.2) is 47.1 Å². The molecule has 12 atom stereocenters. The molecule has 3 N–H and O–H groups in total. The Morgan fingerprint density at radius 2 is 1.87 bits per heavy atom. The Kier molecular flexibility index (Phi) is 10.9. The number of hydrogen-bond donors (Lipinski definition) is 3. The summed E-state index contributed by atoms with van der Waals surface area (Å²) in [5, 5.41) is 26.5. The molecule has 9 nitrogen and oxygen atoms in total. The van der Waals surface area contributed by atoms with Crippen molar-refractivity contribution in [3.63, 3.8) is 0 Å². The quantitative estimate of drug-likeness (QED) is 0.275. The third-order valence-electron chi connectivity index (χ3n) is 11.4. The summed E-state index contributed by atoms with van der Waals surface area (Å²) >= 11 is 0. The van der Waals surface area contributed by atoms with Crippen LogP contribution in [0, 0.1) is 29.6 Å². The van der Waals surface area contributed by atoms with Gasteiger partial charge in [0.25, 0.3) is 0 Å². The first-order valence-electron chi connectivity index (χ1n) is 17.8. The van der Waals surface area contributed by atoms with Crippen molar-refractivity contribution in [2.45, 2.75) is 142 Å². The summed E-state index contributed by atoms with van der Waals surface area (Å²) < 4.78 is 26.0. The van der Waals surface area contributed by atoms with Crippen molar-refractivity contribution in [3.8, 4) is 0 Å². The lowest BCUT2D eigenvalue weighted by molar-refractivity contribution is -0.340. The molecule has 0 radical (unpaired) electrons. The summed E-state index contributed by atoms with van der Waals surface area (Å²) in [6.07, 6.45) is 10.6. The summed E-state index contributed by atoms with van der Waals surface area (Å²) in [6.45, 7) is 16.3. The number of hydrogen-bond acceptors (Lipinski definition) is 8. The lowest BCUT2D eigenvalue weighted by Crippen LogP contribution is -2.58. The minimum atomic E-state index is -1.78. The molecule has 4 aliphatic heterocycles. The number of fused-ring (bicyclic) bond motifs is 2. The zero-order valence-corrected chi connectivity index (χ0v) is 29.5. The van der Waals surface area contributed by atoms with E-state index in [1.165, 1.54) is 0 Å². The zero-order valence-electron chi connectivity index (χ0n) is 29.5. The SMILES string of the molecule is CC[C@H](C)[C@H]1O[C@]2(CC[C@@H]1C)C[C@@H]1C[C@@H](C/C=C(\C)[C@H](NC(=O)C(C)C)[C@@H](C)/C=C/C=C3\CO[C@@H]4[C@H](O)C(C)=C[C@@H](C(=O)O1)[C@]34O)O2. The van der Waals surface area contributed by atoms with Crippen molar-refractivity contribution in [1.82, 2.24) is 5.32 Å². The number of nitrogens with one attached hydrogen (secondary N) is 1. The van der Waals surface area contributed by atoms with E-state index < -0.39 is 41.6 Å². The topological polar surface area (TPSA) is 124 Å². The molecule has 5 rings (SSSR count). The molecule has 47 heavy (non-hydrogen) atoms. The highest BCUT2D eigenvalue weighted by molar-refractivity contribution is 5.79. The Balaban J connectivity index is 1.56. The van der Waals surface area contributed by atoms with Gasteiger partial charge >= 0.3 is 5.97 Å². The number of esters is 1. The maximum absolute atomic E-state index is 14.1. The second-order valence-corrected chi connectivity index (χ2v) is 15.3. The van der Waals surface area contributed by atoms with Gasteiger partial charge in [-0.05, 0) is 55.6 Å². The summed E-state index contributed by atoms with van der Waals surface area (Å²) in [5.74, 6) is -2.05. The summed E-state index contributed by atoms with van der Waals surface area (Å²) in [5.41, 5.74) is 0.304. The first-order valence-corrected chi connectivity index (χ1v) is 17.8. The molecule has 1 amide bonds. The molecule has 4 heterocycles. The molecular weight excluding hydrogens is 598 g/mol. The van der Waals surface area contributed by atoms with E-state index in [0.717, 1.165) is 18.4 Å². The minimum Gasteiger partial charge on any atom is -0.462 e. The van der Waals surface area contributed by atoms with Gasteiger partial charge in [-0.25, -0.2) is 0 Å². The van der Waals surface area contributed by atoms with Crippen molar-refractivity contribution in [2.24, 2.45) is 29.6 Å². The summed E-state index contributed by atoms with van der Waals surface area (Å²) in [6, 6.07) is -0.259. The highest BCUT2D eigenvalue weighted by atomic mass is 16.7. The number of carbonyl (C=O) groups is 2. The van der Waals surface area contributed by atoms with Crippen LogP contribution >= 0.6 is 0 Å². The average molecular weight is 656 g/mol. The molecule has 0 aromatic carbocycles. The molecule has 1 spiro atoms. The fraction of sp³-hybridized carbons (Fsp3) is 0.737. The molecule has 3 saturated heterocycles. The van der Waals surface area contributed by atoms with Gasteiger partial charge < -0.3 is 34.5 Å². The van der Waals surface area contributed by atoms with Crippen molar-refractivity contribution in [3.05, 3.63) is 47.1 Å². The Bertz CT molecular complexity index is 1300. The highest BCUT2D eigenvalue weighted by Crippen LogP contribution is 2.48. The molecule has 3 fully saturated rings. The van der Waals surface area contributed by atoms with Gasteiger partial charge in [0.2, 0.25) is 5.91 Å². The van der Waals surface area contributed by atoms with Crippen LogP contribution in [-0.2, 0) is 28.5 Å². The van der Waals surface area contributed by atoms with Gasteiger partial charge in [0.1, 0.15) is 29.8 Å². The van der Waals surface area contributed by atoms with Crippen molar-refractivity contribution >= 4 is 11.9 Å². The number of amides is 1. The maximum atomic E-state index is 14.1. The van der Waals surface area contributed by atoms with Gasteiger partial charge in [0.05, 0.1) is 24.9 Å². The Morgan fingerprint density at radius 3 is 2.57 bits per heavy atom. The summed E-state index contributed by atoms with van der Waals surface area (Å²) in [7, 11) is 0. The van der Waals surface area contributed by atoms with Crippen LogP contribution in [-0.4, -0.2) is 76.6 Å². The van der Waals surface area contributed by atoms with Gasteiger partial charge in [-0.1, -0.05) is 83.9 Å². The van der Waals surface area contributed by atoms with Gasteiger partial charge in [-0.2, -0.15) is 0 Å². The van der Waals surface area contributed by atoms with Gasteiger partial charge in [0, 0.05) is 25.2 Å². The molecule has 0 aromatic rings. The first-order chi connectivity index (χ1) is 22.2. The Hall–Kier alpha value is -2.30. The molecule has 5 aliphatic rings. The molecule has 0 saturated carbocycles. The lowest BCUT2D eigenvalue weighted by Gasteiger charge is -2.51. The van der Waals surface area contributed by atoms with E-state index in [0.29, 0.717) is 48.7 Å². The highest BCUT2D eigenvalue weighted by Gasteiger charge is 2.60. The molecule has 2 bridgehead atoms. The molecular formula is C38H57NO8. The zero-order chi connectivity index (χ0) is 34.3. The first kappa shape index (κ1) is 36.0. The van der Waals surface area contributed by atoms with E-state index in [1.807, 2.05) is 39.8 Å². The number of rotatable bonds is 4. The maximum Gasteiger partial charge on any atom is 0.316 e. The Labute approximate surface area is 280 Å². The van der Waals surface area contributed by atoms with Crippen molar-refractivity contribution in [2.75, 3.05) is 6.61 Å². The van der Waals surface area contributed by atoms with E-state index in [9.17, 15) is 19.8 Å². The molecule has 1 aliphatic carbocycles. The normalized spacial score (nSPS) is 44.7. The largest absolute Gasteiger partial charge is 0.462 e. The second kappa shape index (κ2) is 14.3. The molecule has 262 valence electrons. The van der Waals surface area contributed by atoms with Gasteiger partial charge in [0.15, 0.2) is 5.79 Å². The van der Waals surface area contributed by atoms with Crippen LogP contribution in [0.1, 0.15) is 93.9 Å². The minimum absolute atomic E-state index is 0.0254. The number of carbonyl (C=O) groups excluding carboxylic acids is 2. The number of aliphatic hydroxyl groups is 2. The van der Waals surface area contributed by atoms with Crippen LogP contribution in [0.4, 0.5) is 0 Å². The van der Waals surface area contributed by atoms with E-state index in [1.54, 1.807) is 19.1 Å². The standard InChI is InChI=1S/C38H57NO8/c1-9-22(4)33-25(7)15-16-37(47-33)19-29-18-28(46-37)14-13-24(6)31(39-35(41)21(2)3)23(5)11-10-12-27-20-44-34-32(40)26(8)17-30(36(42)45-29)38(27,34)43/h10-13,17,21-23,25,28-34,40,43H,9,14-16,18-20H2,1-8H3,(H,39,41)/b11-10+,24-13+,27-12+/t22-,23-,25-,28+,29-,30-,31+,32+,33+,34+,37+,38+/m0/s1. The summed E-state index contributed by atoms with van der Waals surface area (Å²) in [4.78, 5) is 27.0. The number of aliphatic hydroxyl groups excluding tert-OH is 1. The van der Waals surface area contributed by atoms with E-state index in [2.05, 4.69) is 32.2 Å². The Morgan fingerprint density at radius 1 is 1.13 bits per heavy atom. The second-order valence-electron chi connectivity index (χ2n) is 15.3. The van der Waals surface area contributed by atoms with E-state index >= 15 is 0 Å². The average Bonchev–Trinajstić information content (AvgIpc) is 3.37. The predicted molar refractivity (Wildman–Crippen MR) is 179 cm³/mol. The smallest absolute Gasteiger partial charge is 0.316 e. The van der Waals surface area contributed by atoms with Crippen molar-refractivity contribution < 1.29 is 38.7 Å². The van der Waals surface area contributed by atoms with Crippen LogP contribution in [0.25, 0.3) is 0 Å². The van der Waals surface area contributed by atoms with E-state index in [4.69, 9.17) is 18.9 Å². The van der Waals surface area contributed by atoms with Crippen molar-refractivity contribution in [1.29, 1.82) is 0 Å². The fourth-order valence-electron chi connectivity index (χ4n) is 8.13. The molecule has 0 unspecified atom stereocenters. The number of ether oxygens (including phenoxy) is 4. The third-order valence-corrected chi connectivity index (χ3v) is 11.4. The molecule has 0 aromatic heterocycles. The van der Waals surface area contributed by atoms with Crippen LogP contribution in [0.2, 0.25) is 0 Å². The molecule has 9 heteroatoms. The fourth-order valence-corrected chi connectivity index (χ4v) is 8.13. The lowest BCUT2D eigenvalue weighted by atomic mass is 9.71. The third kappa shape index (κ3) is 7.20. The van der Waals surface area contributed by atoms with Crippen LogP contribution in [0.5, 0.6) is 0 Å².